The fourth-order valence-electron chi connectivity index (χ4n) is 3.34. The summed E-state index contributed by atoms with van der Waals surface area (Å²) >= 11 is 3.49. The van der Waals surface area contributed by atoms with E-state index >= 15 is 0 Å². The summed E-state index contributed by atoms with van der Waals surface area (Å²) < 4.78 is 1.07. The predicted octanol–water partition coefficient (Wildman–Crippen LogP) is 4.52. The topological polar surface area (TPSA) is 75.5 Å². The number of nitro benzene ring substituents is 1. The van der Waals surface area contributed by atoms with Gasteiger partial charge in [-0.25, -0.2) is 0 Å². The fraction of sp³-hybridized carbons (Fsp3) is 0.350. The molecule has 6 nitrogen and oxygen atoms in total. The highest BCUT2D eigenvalue weighted by atomic mass is 79.9. The van der Waals surface area contributed by atoms with Gasteiger partial charge in [0.1, 0.15) is 0 Å². The third-order valence-electron chi connectivity index (χ3n) is 4.94. The molecular weight excluding hydrogens is 410 g/mol. The number of halogens is 1. The molecule has 0 radical (unpaired) electrons. The second-order valence-electron chi connectivity index (χ2n) is 6.93. The molecule has 1 saturated heterocycles. The number of nitrogens with one attached hydrogen (secondary N) is 1. The van der Waals surface area contributed by atoms with Crippen molar-refractivity contribution in [2.24, 2.45) is 5.92 Å². The van der Waals surface area contributed by atoms with Crippen molar-refractivity contribution in [1.29, 1.82) is 0 Å². The number of rotatable bonds is 5. The number of benzene rings is 2. The van der Waals surface area contributed by atoms with Crippen LogP contribution in [0.2, 0.25) is 0 Å². The minimum atomic E-state index is -0.449. The van der Waals surface area contributed by atoms with Gasteiger partial charge in [0.25, 0.3) is 5.69 Å². The van der Waals surface area contributed by atoms with Crippen molar-refractivity contribution in [1.82, 2.24) is 4.90 Å². The summed E-state index contributed by atoms with van der Waals surface area (Å²) in [5.41, 5.74) is 2.58. The smallest absolute Gasteiger partial charge is 0.271 e. The van der Waals surface area contributed by atoms with E-state index in [-0.39, 0.29) is 17.5 Å². The first-order valence-corrected chi connectivity index (χ1v) is 9.74. The van der Waals surface area contributed by atoms with Gasteiger partial charge in [0.15, 0.2) is 0 Å². The summed E-state index contributed by atoms with van der Waals surface area (Å²) in [5.74, 6) is -0.122. The Morgan fingerprint density at radius 2 is 2.00 bits per heavy atom. The second-order valence-corrected chi connectivity index (χ2v) is 7.84. The molecular formula is C20H22BrN3O3. The van der Waals surface area contributed by atoms with Crippen LogP contribution in [0, 0.1) is 23.0 Å². The van der Waals surface area contributed by atoms with Crippen LogP contribution in [0.5, 0.6) is 0 Å². The molecule has 3 rings (SSSR count). The molecule has 7 heteroatoms. The average Bonchev–Trinajstić information content (AvgIpc) is 2.64. The molecule has 1 heterocycles. The van der Waals surface area contributed by atoms with Crippen LogP contribution in [0.4, 0.5) is 11.4 Å². The molecule has 27 heavy (non-hydrogen) atoms. The maximum atomic E-state index is 12.6. The van der Waals surface area contributed by atoms with Crippen LogP contribution in [0.15, 0.2) is 46.9 Å². The van der Waals surface area contributed by atoms with Crippen molar-refractivity contribution in [2.45, 2.75) is 26.3 Å². The number of hydrogen-bond acceptors (Lipinski definition) is 4. The number of nitrogens with zero attached hydrogens (tertiary/aromatic N) is 2. The molecule has 1 amide bonds. The van der Waals surface area contributed by atoms with Crippen molar-refractivity contribution in [3.8, 4) is 0 Å². The molecule has 0 bridgehead atoms. The normalized spacial score (nSPS) is 15.5. The number of amides is 1. The standard InChI is InChI=1S/C20H22BrN3O3/c1-14-5-6-18(24(26)27)12-19(14)22-20(25)16-7-9-23(10-8-16)13-15-3-2-4-17(21)11-15/h2-6,11-12,16H,7-10,13H2,1H3,(H,22,25). The van der Waals surface area contributed by atoms with Crippen LogP contribution in [-0.4, -0.2) is 28.8 Å². The number of aryl methyl sites for hydroxylation is 1. The molecule has 0 spiro atoms. The molecule has 2 aromatic rings. The lowest BCUT2D eigenvalue weighted by atomic mass is 9.95. The first kappa shape index (κ1) is 19.5. The van der Waals surface area contributed by atoms with Gasteiger partial charge >= 0.3 is 0 Å². The third kappa shape index (κ3) is 5.14. The molecule has 142 valence electrons. The molecule has 1 aliphatic rings. The summed E-state index contributed by atoms with van der Waals surface area (Å²) in [4.78, 5) is 25.5. The van der Waals surface area contributed by atoms with Crippen LogP contribution in [0.25, 0.3) is 0 Å². The zero-order chi connectivity index (χ0) is 19.4. The van der Waals surface area contributed by atoms with E-state index in [1.165, 1.54) is 17.7 Å². The van der Waals surface area contributed by atoms with Gasteiger partial charge in [0, 0.05) is 29.1 Å². The SMILES string of the molecule is Cc1ccc([N+](=O)[O-])cc1NC(=O)C1CCN(Cc2cccc(Br)c2)CC1. The molecule has 0 aromatic heterocycles. The first-order valence-electron chi connectivity index (χ1n) is 8.95. The highest BCUT2D eigenvalue weighted by Gasteiger charge is 2.25. The molecule has 1 N–H and O–H groups in total. The van der Waals surface area contributed by atoms with Crippen molar-refractivity contribution in [3.63, 3.8) is 0 Å². The molecule has 1 aliphatic heterocycles. The number of carbonyl (C=O) groups is 1. The average molecular weight is 432 g/mol. The minimum absolute atomic E-state index is 0.0141. The molecule has 0 atom stereocenters. The zero-order valence-corrected chi connectivity index (χ0v) is 16.7. The van der Waals surface area contributed by atoms with Gasteiger partial charge in [-0.05, 0) is 56.1 Å². The van der Waals surface area contributed by atoms with Gasteiger partial charge in [-0.2, -0.15) is 0 Å². The third-order valence-corrected chi connectivity index (χ3v) is 5.44. The van der Waals surface area contributed by atoms with Gasteiger partial charge in [-0.15, -0.1) is 0 Å². The van der Waals surface area contributed by atoms with E-state index in [0.717, 1.165) is 42.5 Å². The van der Waals surface area contributed by atoms with Crippen LogP contribution in [0.3, 0.4) is 0 Å². The monoisotopic (exact) mass is 431 g/mol. The van der Waals surface area contributed by atoms with Crippen molar-refractivity contribution in [3.05, 3.63) is 68.2 Å². The molecule has 0 unspecified atom stereocenters. The van der Waals surface area contributed by atoms with Crippen molar-refractivity contribution >= 4 is 33.2 Å². The Morgan fingerprint density at radius 1 is 1.26 bits per heavy atom. The Hall–Kier alpha value is -2.25. The number of carbonyl (C=O) groups excluding carboxylic acids is 1. The number of likely N-dealkylation sites (tertiary alicyclic amines) is 1. The molecule has 0 saturated carbocycles. The van der Waals surface area contributed by atoms with Gasteiger partial charge in [-0.1, -0.05) is 34.1 Å². The van der Waals surface area contributed by atoms with Gasteiger partial charge < -0.3 is 5.32 Å². The Bertz CT molecular complexity index is 848. The Labute approximate surface area is 166 Å². The van der Waals surface area contributed by atoms with E-state index in [0.29, 0.717) is 5.69 Å². The molecule has 0 aliphatic carbocycles. The Kier molecular flexibility index (Phi) is 6.23. The summed E-state index contributed by atoms with van der Waals surface area (Å²) in [5, 5.41) is 13.8. The largest absolute Gasteiger partial charge is 0.325 e. The summed E-state index contributed by atoms with van der Waals surface area (Å²) in [6.45, 7) is 4.43. The maximum Gasteiger partial charge on any atom is 0.271 e. The van der Waals surface area contributed by atoms with E-state index in [1.807, 2.05) is 19.1 Å². The highest BCUT2D eigenvalue weighted by Crippen LogP contribution is 2.25. The number of hydrogen-bond donors (Lipinski definition) is 1. The number of piperidine rings is 1. The Morgan fingerprint density at radius 3 is 2.67 bits per heavy atom. The van der Waals surface area contributed by atoms with E-state index in [9.17, 15) is 14.9 Å². The number of anilines is 1. The van der Waals surface area contributed by atoms with Crippen LogP contribution in [-0.2, 0) is 11.3 Å². The zero-order valence-electron chi connectivity index (χ0n) is 15.2. The van der Waals surface area contributed by atoms with Gasteiger partial charge in [-0.3, -0.25) is 19.8 Å². The van der Waals surface area contributed by atoms with Crippen LogP contribution >= 0.6 is 15.9 Å². The molecule has 1 fully saturated rings. The number of non-ortho nitro benzene ring substituents is 1. The summed E-state index contributed by atoms with van der Waals surface area (Å²) in [6.07, 6.45) is 1.57. The van der Waals surface area contributed by atoms with E-state index < -0.39 is 4.92 Å². The van der Waals surface area contributed by atoms with E-state index in [1.54, 1.807) is 6.07 Å². The summed E-state index contributed by atoms with van der Waals surface area (Å²) in [7, 11) is 0. The highest BCUT2D eigenvalue weighted by molar-refractivity contribution is 9.10. The number of nitro groups is 1. The van der Waals surface area contributed by atoms with Crippen LogP contribution in [0.1, 0.15) is 24.0 Å². The maximum absolute atomic E-state index is 12.6. The van der Waals surface area contributed by atoms with E-state index in [4.69, 9.17) is 0 Å². The quantitative estimate of drug-likeness (QED) is 0.557. The lowest BCUT2D eigenvalue weighted by molar-refractivity contribution is -0.384. The predicted molar refractivity (Wildman–Crippen MR) is 109 cm³/mol. The van der Waals surface area contributed by atoms with Crippen molar-refractivity contribution < 1.29 is 9.72 Å². The van der Waals surface area contributed by atoms with Crippen molar-refractivity contribution in [2.75, 3.05) is 18.4 Å². The van der Waals surface area contributed by atoms with Gasteiger partial charge in [0.05, 0.1) is 10.6 Å². The summed E-state index contributed by atoms with van der Waals surface area (Å²) in [6, 6.07) is 12.8. The fourth-order valence-corrected chi connectivity index (χ4v) is 3.79. The van der Waals surface area contributed by atoms with E-state index in [2.05, 4.69) is 38.3 Å². The lowest BCUT2D eigenvalue weighted by Crippen LogP contribution is -2.37. The molecule has 2 aromatic carbocycles. The van der Waals surface area contributed by atoms with Crippen LogP contribution < -0.4 is 5.32 Å². The van der Waals surface area contributed by atoms with Gasteiger partial charge in [0.2, 0.25) is 5.91 Å². The Balaban J connectivity index is 1.56. The minimum Gasteiger partial charge on any atom is -0.325 e. The second kappa shape index (κ2) is 8.63. The lowest BCUT2D eigenvalue weighted by Gasteiger charge is -2.31. The first-order chi connectivity index (χ1) is 12.9.